The van der Waals surface area contributed by atoms with Crippen LogP contribution in [0.3, 0.4) is 0 Å². The molecule has 6 nitrogen and oxygen atoms in total. The Labute approximate surface area is 213 Å². The lowest BCUT2D eigenvalue weighted by molar-refractivity contribution is -0.137. The Kier molecular flexibility index (Phi) is 6.87. The zero-order chi connectivity index (χ0) is 27.2. The van der Waals surface area contributed by atoms with Gasteiger partial charge in [0.15, 0.2) is 5.65 Å². The van der Waals surface area contributed by atoms with E-state index in [0.29, 0.717) is 4.88 Å². The lowest BCUT2D eigenvalue weighted by atomic mass is 10.1. The lowest BCUT2D eigenvalue weighted by Crippen LogP contribution is -2.40. The molecule has 0 aliphatic rings. The van der Waals surface area contributed by atoms with E-state index >= 15 is 0 Å². The molecule has 0 atom stereocenters. The van der Waals surface area contributed by atoms with E-state index in [2.05, 4.69) is 26.6 Å². The number of nitrogens with one attached hydrogen (secondary N) is 1. The van der Waals surface area contributed by atoms with E-state index in [1.54, 1.807) is 20.8 Å². The van der Waals surface area contributed by atoms with Crippen LogP contribution in [0.4, 0.5) is 22.0 Å². The molecule has 0 unspecified atom stereocenters. The van der Waals surface area contributed by atoms with Gasteiger partial charge in [0.25, 0.3) is 16.4 Å². The number of sulfonamides is 1. The molecule has 0 fully saturated rings. The zero-order valence-corrected chi connectivity index (χ0v) is 21.2. The number of hydrogen-bond acceptors (Lipinski definition) is 5. The molecule has 0 bridgehead atoms. The van der Waals surface area contributed by atoms with Gasteiger partial charge in [-0.05, 0) is 51.1 Å². The number of aromatic nitrogens is 3. The SMILES string of the molecule is CC(C)(C)NS(=O)(=O)c1ccc(C#Cc2cnn3c(C(F)F)cc(-c4ccc(C(F)(F)F)cc4)nc23)s1. The molecular weight excluding hydrogens is 535 g/mol. The molecule has 194 valence electrons. The van der Waals surface area contributed by atoms with Crippen molar-refractivity contribution in [1.82, 2.24) is 19.3 Å². The van der Waals surface area contributed by atoms with Gasteiger partial charge in [-0.1, -0.05) is 24.0 Å². The minimum atomic E-state index is -4.54. The first-order valence-corrected chi connectivity index (χ1v) is 12.9. The van der Waals surface area contributed by atoms with Gasteiger partial charge in [-0.3, -0.25) is 0 Å². The van der Waals surface area contributed by atoms with Crippen LogP contribution in [-0.4, -0.2) is 28.6 Å². The average molecular weight is 555 g/mol. The van der Waals surface area contributed by atoms with Crippen molar-refractivity contribution in [2.24, 2.45) is 0 Å². The van der Waals surface area contributed by atoms with E-state index in [9.17, 15) is 30.4 Å². The number of fused-ring (bicyclic) bond motifs is 1. The summed E-state index contributed by atoms with van der Waals surface area (Å²) in [6.45, 7) is 5.14. The van der Waals surface area contributed by atoms with Gasteiger partial charge in [0.2, 0.25) is 0 Å². The summed E-state index contributed by atoms with van der Waals surface area (Å²) in [5.41, 5.74) is -1.66. The number of alkyl halides is 5. The largest absolute Gasteiger partial charge is 0.416 e. The van der Waals surface area contributed by atoms with Crippen LogP contribution in [0.15, 0.2) is 52.9 Å². The van der Waals surface area contributed by atoms with Crippen molar-refractivity contribution in [3.63, 3.8) is 0 Å². The first-order valence-electron chi connectivity index (χ1n) is 10.6. The van der Waals surface area contributed by atoms with Gasteiger partial charge in [-0.15, -0.1) is 11.3 Å². The fraction of sp³-hybridized carbons (Fsp3) is 0.250. The maximum atomic E-state index is 13.8. The Hall–Kier alpha value is -3.34. The zero-order valence-electron chi connectivity index (χ0n) is 19.6. The molecular formula is C24H19F5N4O2S2. The van der Waals surface area contributed by atoms with Gasteiger partial charge in [-0.25, -0.2) is 31.4 Å². The Morgan fingerprint density at radius 1 is 1.03 bits per heavy atom. The monoisotopic (exact) mass is 554 g/mol. The third-order valence-electron chi connectivity index (χ3n) is 4.84. The summed E-state index contributed by atoms with van der Waals surface area (Å²) in [4.78, 5) is 4.72. The van der Waals surface area contributed by atoms with Crippen molar-refractivity contribution < 1.29 is 30.4 Å². The summed E-state index contributed by atoms with van der Waals surface area (Å²) in [7, 11) is -3.75. The molecule has 0 spiro atoms. The van der Waals surface area contributed by atoms with Crippen LogP contribution in [0.2, 0.25) is 0 Å². The second-order valence-electron chi connectivity index (χ2n) is 8.96. The molecule has 0 saturated carbocycles. The number of thiophene rings is 1. The van der Waals surface area contributed by atoms with E-state index in [-0.39, 0.29) is 26.7 Å². The molecule has 0 radical (unpaired) electrons. The van der Waals surface area contributed by atoms with Gasteiger partial charge in [0.05, 0.1) is 27.9 Å². The predicted molar refractivity (Wildman–Crippen MR) is 129 cm³/mol. The van der Waals surface area contributed by atoms with Crippen LogP contribution in [-0.2, 0) is 16.2 Å². The number of hydrogen-bond donors (Lipinski definition) is 1. The third kappa shape index (κ3) is 5.98. The first-order chi connectivity index (χ1) is 17.1. The van der Waals surface area contributed by atoms with Gasteiger partial charge in [0.1, 0.15) is 9.90 Å². The third-order valence-corrected chi connectivity index (χ3v) is 8.09. The summed E-state index contributed by atoms with van der Waals surface area (Å²) in [5, 5.41) is 3.94. The van der Waals surface area contributed by atoms with E-state index in [4.69, 9.17) is 0 Å². The Morgan fingerprint density at radius 3 is 2.30 bits per heavy atom. The van der Waals surface area contributed by atoms with Gasteiger partial charge in [-0.2, -0.15) is 18.3 Å². The minimum Gasteiger partial charge on any atom is -0.227 e. The van der Waals surface area contributed by atoms with E-state index in [1.165, 1.54) is 18.3 Å². The smallest absolute Gasteiger partial charge is 0.227 e. The van der Waals surface area contributed by atoms with Gasteiger partial charge < -0.3 is 0 Å². The normalized spacial score (nSPS) is 12.7. The molecule has 1 aromatic carbocycles. The number of benzene rings is 1. The summed E-state index contributed by atoms with van der Waals surface area (Å²) in [5.74, 6) is 5.57. The number of rotatable bonds is 4. The molecule has 3 heterocycles. The van der Waals surface area contributed by atoms with Crippen LogP contribution >= 0.6 is 11.3 Å². The summed E-state index contributed by atoms with van der Waals surface area (Å²) in [6, 6.07) is 7.98. The highest BCUT2D eigenvalue weighted by atomic mass is 32.2. The topological polar surface area (TPSA) is 76.4 Å². The molecule has 4 aromatic rings. The van der Waals surface area contributed by atoms with Crippen LogP contribution in [0.5, 0.6) is 0 Å². The first kappa shape index (κ1) is 26.7. The fourth-order valence-electron chi connectivity index (χ4n) is 3.32. The van der Waals surface area contributed by atoms with Crippen molar-refractivity contribution in [1.29, 1.82) is 0 Å². The van der Waals surface area contributed by atoms with Crippen LogP contribution in [0, 0.1) is 11.8 Å². The Morgan fingerprint density at radius 2 is 1.70 bits per heavy atom. The highest BCUT2D eigenvalue weighted by molar-refractivity contribution is 7.91. The van der Waals surface area contributed by atoms with Gasteiger partial charge in [0, 0.05) is 11.1 Å². The maximum Gasteiger partial charge on any atom is 0.416 e. The van der Waals surface area contributed by atoms with Crippen molar-refractivity contribution in [3.8, 4) is 23.1 Å². The maximum absolute atomic E-state index is 13.8. The molecule has 0 aliphatic carbocycles. The predicted octanol–water partition coefficient (Wildman–Crippen LogP) is 5.89. The van der Waals surface area contributed by atoms with Crippen molar-refractivity contribution in [2.75, 3.05) is 0 Å². The van der Waals surface area contributed by atoms with Crippen molar-refractivity contribution in [2.45, 2.75) is 43.1 Å². The lowest BCUT2D eigenvalue weighted by Gasteiger charge is -2.19. The van der Waals surface area contributed by atoms with Gasteiger partial charge >= 0.3 is 6.18 Å². The molecule has 3 aromatic heterocycles. The standard InChI is InChI=1S/C24H19F5N4O2S2/c1-23(2,3)32-37(34,35)20-11-10-17(36-20)9-6-15-13-30-33-19(21(25)26)12-18(31-22(15)33)14-4-7-16(8-5-14)24(27,28)29/h4-5,7-8,10-13,21,32H,1-3H3. The minimum absolute atomic E-state index is 0.0148. The Balaban J connectivity index is 1.73. The van der Waals surface area contributed by atoms with Crippen LogP contribution in [0.1, 0.15) is 48.9 Å². The Bertz CT molecular complexity index is 1620. The molecule has 37 heavy (non-hydrogen) atoms. The molecule has 13 heteroatoms. The fourth-order valence-corrected chi connectivity index (χ4v) is 5.90. The van der Waals surface area contributed by atoms with E-state index in [0.717, 1.165) is 46.2 Å². The summed E-state index contributed by atoms with van der Waals surface area (Å²) >= 11 is 0.936. The molecule has 1 N–H and O–H groups in total. The summed E-state index contributed by atoms with van der Waals surface area (Å²) < 4.78 is 94.8. The van der Waals surface area contributed by atoms with Crippen molar-refractivity contribution >= 4 is 27.0 Å². The van der Waals surface area contributed by atoms with Crippen LogP contribution in [0.25, 0.3) is 16.9 Å². The van der Waals surface area contributed by atoms with E-state index in [1.807, 2.05) is 0 Å². The van der Waals surface area contributed by atoms with Crippen LogP contribution < -0.4 is 4.72 Å². The van der Waals surface area contributed by atoms with Crippen molar-refractivity contribution in [3.05, 3.63) is 70.4 Å². The number of halogens is 5. The number of nitrogens with zero attached hydrogens (tertiary/aromatic N) is 3. The second kappa shape index (κ2) is 9.51. The highest BCUT2D eigenvalue weighted by Gasteiger charge is 2.30. The average Bonchev–Trinajstić information content (AvgIpc) is 3.42. The molecule has 4 rings (SSSR count). The molecule has 0 amide bonds. The molecule has 0 aliphatic heterocycles. The summed E-state index contributed by atoms with van der Waals surface area (Å²) in [6.07, 6.45) is -6.24. The highest BCUT2D eigenvalue weighted by Crippen LogP contribution is 2.32. The van der Waals surface area contributed by atoms with E-state index < -0.39 is 39.4 Å². The quantitative estimate of drug-likeness (QED) is 0.252. The molecule has 0 saturated heterocycles. The second-order valence-corrected chi connectivity index (χ2v) is 12.0.